The van der Waals surface area contributed by atoms with E-state index >= 15 is 0 Å². The molecule has 0 aliphatic rings. The van der Waals surface area contributed by atoms with E-state index in [1.54, 1.807) is 42.5 Å². The molecule has 3 rings (SSSR count). The Morgan fingerprint density at radius 1 is 1.18 bits per heavy atom. The smallest absolute Gasteiger partial charge is 0.200 e. The van der Waals surface area contributed by atoms with Gasteiger partial charge < -0.3 is 4.74 Å². The van der Waals surface area contributed by atoms with Crippen molar-refractivity contribution in [3.8, 4) is 11.4 Å². The van der Waals surface area contributed by atoms with Gasteiger partial charge in [-0.3, -0.25) is 4.79 Å². The van der Waals surface area contributed by atoms with Crippen LogP contribution in [0.2, 0.25) is 5.02 Å². The van der Waals surface area contributed by atoms with Crippen LogP contribution in [0.1, 0.15) is 10.4 Å². The van der Waals surface area contributed by atoms with E-state index in [9.17, 15) is 4.79 Å². The summed E-state index contributed by atoms with van der Waals surface area (Å²) in [5, 5.41) is 11.5. The minimum absolute atomic E-state index is 0.0549. The van der Waals surface area contributed by atoms with Crippen LogP contribution in [0.15, 0.2) is 54.9 Å². The molecule has 0 bridgehead atoms. The molecule has 0 spiro atoms. The number of halogens is 1. The first-order chi connectivity index (χ1) is 10.7. The van der Waals surface area contributed by atoms with Crippen molar-refractivity contribution < 1.29 is 9.53 Å². The second-order valence-corrected chi connectivity index (χ2v) is 4.91. The Morgan fingerprint density at radius 2 is 2.00 bits per heavy atom. The van der Waals surface area contributed by atoms with Gasteiger partial charge in [-0.05, 0) is 46.8 Å². The lowest BCUT2D eigenvalue weighted by Crippen LogP contribution is -2.11. The van der Waals surface area contributed by atoms with Gasteiger partial charge >= 0.3 is 0 Å². The summed E-state index contributed by atoms with van der Waals surface area (Å²) in [5.74, 6) is 0.444. The number of tetrazole rings is 1. The van der Waals surface area contributed by atoms with Crippen molar-refractivity contribution in [3.63, 3.8) is 0 Å². The molecular weight excluding hydrogens is 304 g/mol. The molecule has 6 nitrogen and oxygen atoms in total. The standard InChI is InChI=1S/C15H11ClN4O2/c16-12-6-4-11(5-7-12)15(21)9-22-14-3-1-2-13(8-14)20-10-17-18-19-20/h1-8,10H,9H2. The lowest BCUT2D eigenvalue weighted by atomic mass is 10.1. The van der Waals surface area contributed by atoms with Gasteiger partial charge in [-0.25, -0.2) is 4.68 Å². The molecule has 0 radical (unpaired) electrons. The van der Waals surface area contributed by atoms with Gasteiger partial charge in [0.25, 0.3) is 0 Å². The molecule has 0 N–H and O–H groups in total. The third-order valence-electron chi connectivity index (χ3n) is 2.97. The molecule has 0 atom stereocenters. The maximum absolute atomic E-state index is 12.0. The number of rotatable bonds is 5. The van der Waals surface area contributed by atoms with Crippen LogP contribution in [-0.4, -0.2) is 32.6 Å². The van der Waals surface area contributed by atoms with E-state index in [0.717, 1.165) is 5.69 Å². The number of hydrogen-bond acceptors (Lipinski definition) is 5. The van der Waals surface area contributed by atoms with Gasteiger partial charge in [-0.2, -0.15) is 0 Å². The van der Waals surface area contributed by atoms with Crippen LogP contribution in [0, 0.1) is 0 Å². The van der Waals surface area contributed by atoms with E-state index in [2.05, 4.69) is 15.5 Å². The van der Waals surface area contributed by atoms with Crippen LogP contribution in [0.3, 0.4) is 0 Å². The lowest BCUT2D eigenvalue weighted by Gasteiger charge is -2.07. The van der Waals surface area contributed by atoms with E-state index in [1.165, 1.54) is 11.0 Å². The van der Waals surface area contributed by atoms with Crippen molar-refractivity contribution in [2.45, 2.75) is 0 Å². The first-order valence-electron chi connectivity index (χ1n) is 6.47. The molecule has 3 aromatic rings. The van der Waals surface area contributed by atoms with Gasteiger partial charge in [0, 0.05) is 16.7 Å². The molecule has 1 aromatic heterocycles. The lowest BCUT2D eigenvalue weighted by molar-refractivity contribution is 0.0921. The minimum atomic E-state index is -0.121. The highest BCUT2D eigenvalue weighted by Gasteiger charge is 2.07. The van der Waals surface area contributed by atoms with Crippen LogP contribution in [0.4, 0.5) is 0 Å². The van der Waals surface area contributed by atoms with Crippen LogP contribution < -0.4 is 4.74 Å². The van der Waals surface area contributed by atoms with Crippen molar-refractivity contribution in [1.82, 2.24) is 20.2 Å². The van der Waals surface area contributed by atoms with Gasteiger partial charge in [0.2, 0.25) is 0 Å². The topological polar surface area (TPSA) is 69.9 Å². The Balaban J connectivity index is 1.67. The summed E-state index contributed by atoms with van der Waals surface area (Å²) in [6.07, 6.45) is 1.48. The molecular formula is C15H11ClN4O2. The summed E-state index contributed by atoms with van der Waals surface area (Å²) in [4.78, 5) is 12.0. The fraction of sp³-hybridized carbons (Fsp3) is 0.0667. The van der Waals surface area contributed by atoms with E-state index in [-0.39, 0.29) is 12.4 Å². The Labute approximate surface area is 131 Å². The number of benzene rings is 2. The zero-order valence-electron chi connectivity index (χ0n) is 11.4. The molecule has 0 unspecified atom stereocenters. The summed E-state index contributed by atoms with van der Waals surface area (Å²) in [6.45, 7) is -0.0549. The quantitative estimate of drug-likeness (QED) is 0.677. The van der Waals surface area contributed by atoms with Crippen LogP contribution in [0.5, 0.6) is 5.75 Å². The molecule has 0 fully saturated rings. The van der Waals surface area contributed by atoms with Crippen LogP contribution in [-0.2, 0) is 0 Å². The highest BCUT2D eigenvalue weighted by atomic mass is 35.5. The Bertz CT molecular complexity index is 773. The molecule has 7 heteroatoms. The summed E-state index contributed by atoms with van der Waals surface area (Å²) in [7, 11) is 0. The fourth-order valence-corrected chi connectivity index (χ4v) is 1.99. The molecule has 2 aromatic carbocycles. The number of hydrogen-bond donors (Lipinski definition) is 0. The molecule has 0 aliphatic carbocycles. The number of aromatic nitrogens is 4. The highest BCUT2D eigenvalue weighted by molar-refractivity contribution is 6.30. The predicted molar refractivity (Wildman–Crippen MR) is 80.4 cm³/mol. The first-order valence-corrected chi connectivity index (χ1v) is 6.85. The van der Waals surface area contributed by atoms with E-state index in [0.29, 0.717) is 16.3 Å². The molecule has 0 aliphatic heterocycles. The average molecular weight is 315 g/mol. The van der Waals surface area contributed by atoms with Crippen molar-refractivity contribution in [2.24, 2.45) is 0 Å². The van der Waals surface area contributed by atoms with Crippen LogP contribution in [0.25, 0.3) is 5.69 Å². The number of carbonyl (C=O) groups excluding carboxylic acids is 1. The zero-order chi connectivity index (χ0) is 15.4. The number of ether oxygens (including phenoxy) is 1. The summed E-state index contributed by atoms with van der Waals surface area (Å²) >= 11 is 5.79. The molecule has 0 saturated heterocycles. The molecule has 0 amide bonds. The Morgan fingerprint density at radius 3 is 2.73 bits per heavy atom. The first kappa shape index (κ1) is 14.2. The van der Waals surface area contributed by atoms with Crippen molar-refractivity contribution in [1.29, 1.82) is 0 Å². The zero-order valence-corrected chi connectivity index (χ0v) is 12.1. The predicted octanol–water partition coefficient (Wildman–Crippen LogP) is 2.58. The largest absolute Gasteiger partial charge is 0.485 e. The Kier molecular flexibility index (Phi) is 4.11. The van der Waals surface area contributed by atoms with Gasteiger partial charge in [0.05, 0.1) is 5.69 Å². The van der Waals surface area contributed by atoms with E-state index < -0.39 is 0 Å². The van der Waals surface area contributed by atoms with Gasteiger partial charge in [-0.15, -0.1) is 5.10 Å². The van der Waals surface area contributed by atoms with Crippen LogP contribution >= 0.6 is 11.6 Å². The maximum Gasteiger partial charge on any atom is 0.200 e. The summed E-state index contributed by atoms with van der Waals surface area (Å²) in [6, 6.07) is 13.9. The second kappa shape index (κ2) is 6.36. The second-order valence-electron chi connectivity index (χ2n) is 4.47. The van der Waals surface area contributed by atoms with Gasteiger partial charge in [0.15, 0.2) is 12.4 Å². The normalized spacial score (nSPS) is 10.4. The third kappa shape index (κ3) is 3.29. The number of carbonyl (C=O) groups is 1. The summed E-state index contributed by atoms with van der Waals surface area (Å²) < 4.78 is 7.03. The maximum atomic E-state index is 12.0. The number of ketones is 1. The van der Waals surface area contributed by atoms with Crippen molar-refractivity contribution >= 4 is 17.4 Å². The average Bonchev–Trinajstić information content (AvgIpc) is 3.08. The number of Topliss-reactive ketones (excluding diaryl/α,β-unsaturated/α-hetero) is 1. The van der Waals surface area contributed by atoms with Gasteiger partial charge in [0.1, 0.15) is 12.1 Å². The summed E-state index contributed by atoms with van der Waals surface area (Å²) in [5.41, 5.74) is 1.31. The van der Waals surface area contributed by atoms with E-state index in [4.69, 9.17) is 16.3 Å². The minimum Gasteiger partial charge on any atom is -0.485 e. The van der Waals surface area contributed by atoms with Crippen molar-refractivity contribution in [2.75, 3.05) is 6.61 Å². The van der Waals surface area contributed by atoms with Gasteiger partial charge in [-0.1, -0.05) is 17.7 Å². The monoisotopic (exact) mass is 314 g/mol. The van der Waals surface area contributed by atoms with Crippen molar-refractivity contribution in [3.05, 3.63) is 65.4 Å². The van der Waals surface area contributed by atoms with E-state index in [1.807, 2.05) is 6.07 Å². The number of nitrogens with zero attached hydrogens (tertiary/aromatic N) is 4. The Hall–Kier alpha value is -2.73. The fourth-order valence-electron chi connectivity index (χ4n) is 1.86. The third-order valence-corrected chi connectivity index (χ3v) is 3.22. The SMILES string of the molecule is O=C(COc1cccc(-n2cnnn2)c1)c1ccc(Cl)cc1. The molecule has 110 valence electrons. The molecule has 0 saturated carbocycles. The molecule has 1 heterocycles. The highest BCUT2D eigenvalue weighted by Crippen LogP contribution is 2.16. The molecule has 22 heavy (non-hydrogen) atoms.